The zero-order valence-corrected chi connectivity index (χ0v) is 19.0. The number of anilines is 1. The number of pyridine rings is 1. The van der Waals surface area contributed by atoms with Crippen LogP contribution in [0.2, 0.25) is 0 Å². The van der Waals surface area contributed by atoms with Gasteiger partial charge in [-0.3, -0.25) is 14.6 Å². The van der Waals surface area contributed by atoms with Gasteiger partial charge < -0.3 is 10.1 Å². The van der Waals surface area contributed by atoms with Crippen LogP contribution in [-0.4, -0.2) is 67.8 Å². The maximum atomic E-state index is 13.2. The van der Waals surface area contributed by atoms with Crippen LogP contribution in [-0.2, 0) is 15.7 Å². The SMILES string of the molecule is CCC(=O)N(CC1(N(C)CCNCC(C)C)CCOCC1)c1cccc(C(F)(F)F)n1. The lowest BCUT2D eigenvalue weighted by atomic mass is 9.87. The Morgan fingerprint density at radius 2 is 1.97 bits per heavy atom. The zero-order valence-electron chi connectivity index (χ0n) is 19.0. The van der Waals surface area contributed by atoms with Crippen molar-refractivity contribution in [1.82, 2.24) is 15.2 Å². The number of hydrogen-bond donors (Lipinski definition) is 1. The van der Waals surface area contributed by atoms with E-state index in [1.807, 2.05) is 7.05 Å². The molecule has 0 saturated carbocycles. The first-order valence-corrected chi connectivity index (χ1v) is 10.9. The van der Waals surface area contributed by atoms with E-state index in [1.54, 1.807) is 6.92 Å². The molecule has 2 heterocycles. The van der Waals surface area contributed by atoms with Gasteiger partial charge in [0.15, 0.2) is 0 Å². The van der Waals surface area contributed by atoms with Crippen molar-refractivity contribution in [3.8, 4) is 0 Å². The van der Waals surface area contributed by atoms with Crippen LogP contribution >= 0.6 is 0 Å². The monoisotopic (exact) mass is 444 g/mol. The van der Waals surface area contributed by atoms with Crippen LogP contribution in [0.5, 0.6) is 0 Å². The minimum atomic E-state index is -4.56. The highest BCUT2D eigenvalue weighted by Crippen LogP contribution is 2.32. The molecule has 9 heteroatoms. The van der Waals surface area contributed by atoms with Crippen molar-refractivity contribution in [2.24, 2.45) is 5.92 Å². The molecule has 1 saturated heterocycles. The third-order valence-corrected chi connectivity index (χ3v) is 5.77. The molecule has 0 aliphatic carbocycles. The van der Waals surface area contributed by atoms with Gasteiger partial charge in [-0.15, -0.1) is 0 Å². The number of likely N-dealkylation sites (N-methyl/N-ethyl adjacent to an activating group) is 1. The first-order valence-electron chi connectivity index (χ1n) is 10.9. The number of ether oxygens (including phenoxy) is 1. The van der Waals surface area contributed by atoms with Crippen molar-refractivity contribution in [3.05, 3.63) is 23.9 Å². The van der Waals surface area contributed by atoms with Crippen LogP contribution in [0, 0.1) is 5.92 Å². The summed E-state index contributed by atoms with van der Waals surface area (Å²) in [5.74, 6) is 0.342. The van der Waals surface area contributed by atoms with Crippen LogP contribution < -0.4 is 10.2 Å². The highest BCUT2D eigenvalue weighted by Gasteiger charge is 2.40. The normalized spacial score (nSPS) is 16.7. The van der Waals surface area contributed by atoms with E-state index < -0.39 is 17.4 Å². The van der Waals surface area contributed by atoms with Crippen LogP contribution in [0.3, 0.4) is 0 Å². The number of amides is 1. The third kappa shape index (κ3) is 7.15. The number of alkyl halides is 3. The average molecular weight is 445 g/mol. The van der Waals surface area contributed by atoms with Crippen molar-refractivity contribution < 1.29 is 22.7 Å². The third-order valence-electron chi connectivity index (χ3n) is 5.77. The van der Waals surface area contributed by atoms with E-state index in [2.05, 4.69) is 29.0 Å². The molecule has 6 nitrogen and oxygen atoms in total. The lowest BCUT2D eigenvalue weighted by Gasteiger charge is -2.47. The Hall–Kier alpha value is -1.71. The summed E-state index contributed by atoms with van der Waals surface area (Å²) in [5, 5.41) is 3.42. The molecule has 1 N–H and O–H groups in total. The van der Waals surface area contributed by atoms with Crippen molar-refractivity contribution in [2.45, 2.75) is 51.7 Å². The molecule has 0 radical (unpaired) electrons. The number of halogens is 3. The molecule has 1 aliphatic rings. The van der Waals surface area contributed by atoms with E-state index in [1.165, 1.54) is 17.0 Å². The number of nitrogens with zero attached hydrogens (tertiary/aromatic N) is 3. The second-order valence-corrected chi connectivity index (χ2v) is 8.57. The molecule has 0 unspecified atom stereocenters. The highest BCUT2D eigenvalue weighted by molar-refractivity contribution is 5.92. The Morgan fingerprint density at radius 3 is 2.55 bits per heavy atom. The van der Waals surface area contributed by atoms with Crippen molar-refractivity contribution in [1.29, 1.82) is 0 Å². The maximum Gasteiger partial charge on any atom is 0.433 e. The van der Waals surface area contributed by atoms with Crippen molar-refractivity contribution in [3.63, 3.8) is 0 Å². The molecule has 0 spiro atoms. The average Bonchev–Trinajstić information content (AvgIpc) is 2.74. The van der Waals surface area contributed by atoms with Gasteiger partial charge in [-0.2, -0.15) is 13.2 Å². The lowest BCUT2D eigenvalue weighted by molar-refractivity contribution is -0.141. The summed E-state index contributed by atoms with van der Waals surface area (Å²) in [4.78, 5) is 20.2. The molecule has 1 fully saturated rings. The summed E-state index contributed by atoms with van der Waals surface area (Å²) in [7, 11) is 2.01. The first-order chi connectivity index (χ1) is 14.6. The second-order valence-electron chi connectivity index (χ2n) is 8.57. The number of carbonyl (C=O) groups excluding carboxylic acids is 1. The van der Waals surface area contributed by atoms with Crippen LogP contribution in [0.15, 0.2) is 18.2 Å². The molecule has 31 heavy (non-hydrogen) atoms. The van der Waals surface area contributed by atoms with Gasteiger partial charge in [0, 0.05) is 44.8 Å². The van der Waals surface area contributed by atoms with Crippen LogP contribution in [0.4, 0.5) is 19.0 Å². The number of rotatable bonds is 10. The fourth-order valence-corrected chi connectivity index (χ4v) is 3.80. The first kappa shape index (κ1) is 25.5. The Balaban J connectivity index is 2.27. The standard InChI is InChI=1S/C22H35F3N4O2/c1-5-20(30)29(19-8-6-7-18(27-19)22(23,24)25)16-21(9-13-31-14-10-21)28(4)12-11-26-15-17(2)3/h6-8,17,26H,5,9-16H2,1-4H3. The largest absolute Gasteiger partial charge is 0.433 e. The van der Waals surface area contributed by atoms with Crippen molar-refractivity contribution in [2.75, 3.05) is 51.3 Å². The van der Waals surface area contributed by atoms with Crippen LogP contribution in [0.1, 0.15) is 45.7 Å². The summed E-state index contributed by atoms with van der Waals surface area (Å²) in [6.45, 7) is 9.84. The molecular formula is C22H35F3N4O2. The molecule has 1 aromatic heterocycles. The summed E-state index contributed by atoms with van der Waals surface area (Å²) < 4.78 is 45.2. The predicted octanol–water partition coefficient (Wildman–Crippen LogP) is 3.57. The summed E-state index contributed by atoms with van der Waals surface area (Å²) in [6.07, 6.45) is -2.99. The molecule has 0 atom stereocenters. The Kier molecular flexibility index (Phi) is 9.27. The molecule has 176 valence electrons. The van der Waals surface area contributed by atoms with E-state index in [0.717, 1.165) is 25.7 Å². The highest BCUT2D eigenvalue weighted by atomic mass is 19.4. The van der Waals surface area contributed by atoms with Gasteiger partial charge in [0.2, 0.25) is 5.91 Å². The van der Waals surface area contributed by atoms with E-state index in [9.17, 15) is 18.0 Å². The maximum absolute atomic E-state index is 13.2. The van der Waals surface area contributed by atoms with Crippen molar-refractivity contribution >= 4 is 11.7 Å². The summed E-state index contributed by atoms with van der Waals surface area (Å²) in [5.41, 5.74) is -1.38. The molecule has 0 aromatic carbocycles. The summed E-state index contributed by atoms with van der Waals surface area (Å²) in [6, 6.07) is 3.70. The van der Waals surface area contributed by atoms with E-state index in [0.29, 0.717) is 32.0 Å². The van der Waals surface area contributed by atoms with Gasteiger partial charge in [-0.05, 0) is 44.5 Å². The van der Waals surface area contributed by atoms with Crippen LogP contribution in [0.25, 0.3) is 0 Å². The molecule has 1 aliphatic heterocycles. The Morgan fingerprint density at radius 1 is 1.29 bits per heavy atom. The van der Waals surface area contributed by atoms with Gasteiger partial charge in [0.1, 0.15) is 11.5 Å². The van der Waals surface area contributed by atoms with Gasteiger partial charge in [0.05, 0.1) is 0 Å². The molecule has 1 amide bonds. The number of hydrogen-bond acceptors (Lipinski definition) is 5. The topological polar surface area (TPSA) is 57.7 Å². The minimum Gasteiger partial charge on any atom is -0.381 e. The van der Waals surface area contributed by atoms with Gasteiger partial charge >= 0.3 is 6.18 Å². The van der Waals surface area contributed by atoms with E-state index in [4.69, 9.17) is 4.74 Å². The fraction of sp³-hybridized carbons (Fsp3) is 0.727. The Labute approximate surface area is 183 Å². The zero-order chi connectivity index (χ0) is 23.1. The Bertz CT molecular complexity index is 706. The number of nitrogens with one attached hydrogen (secondary N) is 1. The van der Waals surface area contributed by atoms with Gasteiger partial charge in [-0.1, -0.05) is 26.8 Å². The van der Waals surface area contributed by atoms with Gasteiger partial charge in [0.25, 0.3) is 0 Å². The number of aromatic nitrogens is 1. The second kappa shape index (κ2) is 11.2. The quantitative estimate of drug-likeness (QED) is 0.559. The molecular weight excluding hydrogens is 409 g/mol. The smallest absolute Gasteiger partial charge is 0.381 e. The van der Waals surface area contributed by atoms with E-state index >= 15 is 0 Å². The lowest BCUT2D eigenvalue weighted by Crippen LogP contribution is -2.59. The fourth-order valence-electron chi connectivity index (χ4n) is 3.80. The number of carbonyl (C=O) groups is 1. The van der Waals surface area contributed by atoms with Gasteiger partial charge in [-0.25, -0.2) is 4.98 Å². The summed E-state index contributed by atoms with van der Waals surface area (Å²) >= 11 is 0. The molecule has 1 aromatic rings. The van der Waals surface area contributed by atoms with E-state index in [-0.39, 0.29) is 24.7 Å². The minimum absolute atomic E-state index is 0.0406. The molecule has 2 rings (SSSR count). The predicted molar refractivity (Wildman–Crippen MR) is 115 cm³/mol. The molecule has 0 bridgehead atoms.